The Labute approximate surface area is 118 Å². The molecule has 0 saturated heterocycles. The standard InChI is InChI=1S/C17H16N2O/c1-11(2)12-6-4-8-14-17(12)20-15-9-5-7-13-16(15)19(14)10-18(13)3/h4-9,11H,1-3H3. The molecule has 2 aromatic carbocycles. The van der Waals surface area contributed by atoms with Gasteiger partial charge in [-0.3, -0.25) is 0 Å². The summed E-state index contributed by atoms with van der Waals surface area (Å²) >= 11 is 0. The number of rotatable bonds is 1. The third-order valence-electron chi connectivity index (χ3n) is 3.91. The largest absolute Gasteiger partial charge is 0.469 e. The van der Waals surface area contributed by atoms with E-state index >= 15 is 0 Å². The van der Waals surface area contributed by atoms with Crippen LogP contribution in [0, 0.1) is 6.33 Å². The lowest BCUT2D eigenvalue weighted by Gasteiger charge is -2.24. The van der Waals surface area contributed by atoms with E-state index in [1.54, 1.807) is 0 Å². The molecular formula is C17H16N2O. The fourth-order valence-electron chi connectivity index (χ4n) is 2.91. The zero-order chi connectivity index (χ0) is 13.9. The molecule has 3 heteroatoms. The van der Waals surface area contributed by atoms with Gasteiger partial charge in [-0.05, 0) is 17.5 Å². The van der Waals surface area contributed by atoms with E-state index in [4.69, 9.17) is 4.74 Å². The Kier molecular flexibility index (Phi) is 2.22. The summed E-state index contributed by atoms with van der Waals surface area (Å²) in [5, 5.41) is 0. The molecule has 3 nitrogen and oxygen atoms in total. The van der Waals surface area contributed by atoms with Gasteiger partial charge in [0.15, 0.2) is 0 Å². The van der Waals surface area contributed by atoms with Crippen molar-refractivity contribution in [2.24, 2.45) is 7.05 Å². The summed E-state index contributed by atoms with van der Waals surface area (Å²) < 4.78 is 10.3. The van der Waals surface area contributed by atoms with Crippen LogP contribution in [0.3, 0.4) is 0 Å². The zero-order valence-electron chi connectivity index (χ0n) is 11.8. The molecule has 2 heterocycles. The fraction of sp³-hybridized carbons (Fsp3) is 0.235. The van der Waals surface area contributed by atoms with Gasteiger partial charge in [-0.15, -0.1) is 0 Å². The van der Waals surface area contributed by atoms with Gasteiger partial charge in [0.25, 0.3) is 0 Å². The average molecular weight is 264 g/mol. The van der Waals surface area contributed by atoms with Crippen molar-refractivity contribution < 1.29 is 9.30 Å². The maximum absolute atomic E-state index is 6.20. The summed E-state index contributed by atoms with van der Waals surface area (Å²) in [5.41, 5.74) is 4.52. The van der Waals surface area contributed by atoms with Crippen molar-refractivity contribution >= 4 is 11.0 Å². The molecule has 100 valence electrons. The second-order valence-corrected chi connectivity index (χ2v) is 5.57. The van der Waals surface area contributed by atoms with Crippen molar-refractivity contribution in [3.63, 3.8) is 0 Å². The minimum Gasteiger partial charge on any atom is -0.469 e. The van der Waals surface area contributed by atoms with Gasteiger partial charge in [0.2, 0.25) is 6.33 Å². The minimum atomic E-state index is 0.426. The molecule has 0 saturated carbocycles. The zero-order valence-corrected chi connectivity index (χ0v) is 11.8. The average Bonchev–Trinajstić information content (AvgIpc) is 2.78. The second kappa shape index (κ2) is 3.85. The summed E-state index contributed by atoms with van der Waals surface area (Å²) in [7, 11) is 2.01. The normalized spacial score (nSPS) is 12.6. The number of ether oxygens (including phenoxy) is 1. The lowest BCUT2D eigenvalue weighted by Crippen LogP contribution is -2.33. The number of hydrogen-bond donors (Lipinski definition) is 0. The van der Waals surface area contributed by atoms with Gasteiger partial charge in [0, 0.05) is 0 Å². The van der Waals surface area contributed by atoms with Crippen LogP contribution in [0.15, 0.2) is 36.4 Å². The molecule has 0 aliphatic carbocycles. The maximum Gasteiger partial charge on any atom is 0.244 e. The highest BCUT2D eigenvalue weighted by Crippen LogP contribution is 2.39. The van der Waals surface area contributed by atoms with Crippen LogP contribution in [0.4, 0.5) is 0 Å². The molecule has 0 spiro atoms. The van der Waals surface area contributed by atoms with E-state index < -0.39 is 0 Å². The van der Waals surface area contributed by atoms with Gasteiger partial charge in [0.1, 0.15) is 11.5 Å². The summed E-state index contributed by atoms with van der Waals surface area (Å²) in [5.74, 6) is 2.28. The van der Waals surface area contributed by atoms with Crippen LogP contribution in [-0.4, -0.2) is 4.57 Å². The van der Waals surface area contributed by atoms with Gasteiger partial charge in [0.05, 0.1) is 23.8 Å². The molecule has 20 heavy (non-hydrogen) atoms. The topological polar surface area (TPSA) is 18.0 Å². The number of fused-ring (bicyclic) bond motifs is 2. The van der Waals surface area contributed by atoms with Crippen LogP contribution in [-0.2, 0) is 7.05 Å². The molecule has 0 unspecified atom stereocenters. The maximum atomic E-state index is 6.20. The highest BCUT2D eigenvalue weighted by Gasteiger charge is 2.23. The molecule has 0 N–H and O–H groups in total. The third kappa shape index (κ3) is 1.38. The van der Waals surface area contributed by atoms with E-state index in [-0.39, 0.29) is 0 Å². The molecule has 0 amide bonds. The Balaban J connectivity index is 2.12. The van der Waals surface area contributed by atoms with E-state index in [2.05, 4.69) is 49.0 Å². The Morgan fingerprint density at radius 2 is 1.95 bits per heavy atom. The number of aryl methyl sites for hydroxylation is 1. The summed E-state index contributed by atoms with van der Waals surface area (Å²) in [6, 6.07) is 12.5. The van der Waals surface area contributed by atoms with Crippen molar-refractivity contribution in [1.82, 2.24) is 4.57 Å². The van der Waals surface area contributed by atoms with Gasteiger partial charge in [-0.1, -0.05) is 44.2 Å². The predicted octanol–water partition coefficient (Wildman–Crippen LogP) is 3.48. The van der Waals surface area contributed by atoms with Crippen LogP contribution in [0.2, 0.25) is 0 Å². The smallest absolute Gasteiger partial charge is 0.244 e. The molecule has 0 fully saturated rings. The van der Waals surface area contributed by atoms with E-state index in [1.165, 1.54) is 5.56 Å². The number of aromatic nitrogens is 2. The number of imidazole rings is 1. The van der Waals surface area contributed by atoms with Crippen LogP contribution in [0.1, 0.15) is 25.3 Å². The summed E-state index contributed by atoms with van der Waals surface area (Å²) in [6.45, 7) is 4.38. The lowest BCUT2D eigenvalue weighted by atomic mass is 10.0. The van der Waals surface area contributed by atoms with Gasteiger partial charge in [-0.25, -0.2) is 0 Å². The highest BCUT2D eigenvalue weighted by molar-refractivity contribution is 5.81. The second-order valence-electron chi connectivity index (χ2n) is 5.57. The number of benzene rings is 2. The van der Waals surface area contributed by atoms with Gasteiger partial charge >= 0.3 is 0 Å². The molecule has 1 aromatic heterocycles. The number of nitrogens with zero attached hydrogens (tertiary/aromatic N) is 2. The van der Waals surface area contributed by atoms with Crippen molar-refractivity contribution in [1.29, 1.82) is 0 Å². The summed E-state index contributed by atoms with van der Waals surface area (Å²) in [6.07, 6.45) is 3.37. The lowest BCUT2D eigenvalue weighted by molar-refractivity contribution is -0.575. The molecule has 0 bridgehead atoms. The highest BCUT2D eigenvalue weighted by atomic mass is 16.5. The quantitative estimate of drug-likeness (QED) is 0.380. The van der Waals surface area contributed by atoms with Gasteiger partial charge < -0.3 is 13.9 Å². The number of hydrogen-bond acceptors (Lipinski definition) is 1. The Morgan fingerprint density at radius 1 is 1.15 bits per heavy atom. The van der Waals surface area contributed by atoms with Crippen LogP contribution < -0.4 is 9.30 Å². The Bertz CT molecular complexity index is 830. The molecular weight excluding hydrogens is 248 g/mol. The SMILES string of the molecule is CC(C)c1cccc2c1Oc1cccc3c1[n+]-2[c-]n3C. The van der Waals surface area contributed by atoms with Gasteiger partial charge in [-0.2, -0.15) is 0 Å². The van der Waals surface area contributed by atoms with E-state index in [1.807, 2.05) is 23.7 Å². The molecule has 0 atom stereocenters. The molecule has 1 aliphatic heterocycles. The molecule has 1 aliphatic rings. The first-order chi connectivity index (χ1) is 9.66. The third-order valence-corrected chi connectivity index (χ3v) is 3.91. The first-order valence-corrected chi connectivity index (χ1v) is 6.90. The first kappa shape index (κ1) is 11.5. The van der Waals surface area contributed by atoms with E-state index in [0.717, 1.165) is 28.2 Å². The van der Waals surface area contributed by atoms with E-state index in [9.17, 15) is 0 Å². The van der Waals surface area contributed by atoms with E-state index in [0.29, 0.717) is 5.92 Å². The van der Waals surface area contributed by atoms with Crippen molar-refractivity contribution in [2.45, 2.75) is 19.8 Å². The predicted molar refractivity (Wildman–Crippen MR) is 77.5 cm³/mol. The molecule has 4 rings (SSSR count). The minimum absolute atomic E-state index is 0.426. The van der Waals surface area contributed by atoms with Crippen LogP contribution in [0.25, 0.3) is 16.7 Å². The van der Waals surface area contributed by atoms with Crippen molar-refractivity contribution in [3.8, 4) is 17.2 Å². The Morgan fingerprint density at radius 3 is 2.75 bits per heavy atom. The van der Waals surface area contributed by atoms with Crippen molar-refractivity contribution in [2.75, 3.05) is 0 Å². The van der Waals surface area contributed by atoms with Crippen LogP contribution >= 0.6 is 0 Å². The first-order valence-electron chi connectivity index (χ1n) is 6.90. The molecule has 3 aromatic rings. The monoisotopic (exact) mass is 264 g/mol. The fourth-order valence-corrected chi connectivity index (χ4v) is 2.91. The van der Waals surface area contributed by atoms with Crippen molar-refractivity contribution in [3.05, 3.63) is 48.3 Å². The Hall–Kier alpha value is -2.29. The van der Waals surface area contributed by atoms with Crippen LogP contribution in [0.5, 0.6) is 11.5 Å². The summed E-state index contributed by atoms with van der Waals surface area (Å²) in [4.78, 5) is 0. The molecule has 0 radical (unpaired) electrons. The number of para-hydroxylation sites is 2.